The lowest BCUT2D eigenvalue weighted by molar-refractivity contribution is 0.0283. The van der Waals surface area contributed by atoms with Crippen LogP contribution in [-0.4, -0.2) is 78.3 Å². The largest absolute Gasteiger partial charge is 0.379 e. The van der Waals surface area contributed by atoms with Crippen LogP contribution in [0.3, 0.4) is 0 Å². The van der Waals surface area contributed by atoms with Gasteiger partial charge >= 0.3 is 0 Å². The van der Waals surface area contributed by atoms with Crippen molar-refractivity contribution in [3.05, 3.63) is 11.9 Å². The third kappa shape index (κ3) is 4.61. The number of carbonyl (C=O) groups excluding carboxylic acids is 1. The first kappa shape index (κ1) is 17.9. The summed E-state index contributed by atoms with van der Waals surface area (Å²) in [4.78, 5) is 14.9. The van der Waals surface area contributed by atoms with Crippen LogP contribution in [0.15, 0.2) is 6.20 Å². The number of hydrogen-bond donors (Lipinski definition) is 2. The van der Waals surface area contributed by atoms with Gasteiger partial charge in [0.1, 0.15) is 0 Å². The van der Waals surface area contributed by atoms with Crippen molar-refractivity contribution in [2.45, 2.75) is 32.2 Å². The first-order valence-electron chi connectivity index (χ1n) is 9.92. The molecule has 3 fully saturated rings. The number of amides is 1. The Balaban J connectivity index is 1.24. The van der Waals surface area contributed by atoms with E-state index in [2.05, 4.69) is 25.8 Å². The molecule has 1 atom stereocenters. The maximum absolute atomic E-state index is 12.4. The minimum Gasteiger partial charge on any atom is -0.379 e. The quantitative estimate of drug-likeness (QED) is 0.717. The minimum atomic E-state index is -0.105. The van der Waals surface area contributed by atoms with Crippen molar-refractivity contribution in [2.24, 2.45) is 11.3 Å². The van der Waals surface area contributed by atoms with Gasteiger partial charge in [0.05, 0.1) is 19.4 Å². The van der Waals surface area contributed by atoms with E-state index >= 15 is 0 Å². The van der Waals surface area contributed by atoms with E-state index in [1.165, 1.54) is 25.7 Å². The van der Waals surface area contributed by atoms with E-state index in [1.807, 2.05) is 4.68 Å². The van der Waals surface area contributed by atoms with Crippen LogP contribution in [-0.2, 0) is 11.3 Å². The van der Waals surface area contributed by atoms with Gasteiger partial charge in [0.25, 0.3) is 5.91 Å². The summed E-state index contributed by atoms with van der Waals surface area (Å²) in [7, 11) is 0. The predicted molar refractivity (Wildman–Crippen MR) is 96.9 cm³/mol. The van der Waals surface area contributed by atoms with E-state index in [-0.39, 0.29) is 11.3 Å². The van der Waals surface area contributed by atoms with Gasteiger partial charge in [0.15, 0.2) is 5.69 Å². The summed E-state index contributed by atoms with van der Waals surface area (Å²) < 4.78 is 7.23. The minimum absolute atomic E-state index is 0.105. The Morgan fingerprint density at radius 1 is 1.38 bits per heavy atom. The second-order valence-corrected chi connectivity index (χ2v) is 8.11. The average Bonchev–Trinajstić information content (AvgIpc) is 3.28. The number of aromatic nitrogens is 3. The Labute approximate surface area is 154 Å². The highest BCUT2D eigenvalue weighted by atomic mass is 16.5. The van der Waals surface area contributed by atoms with Crippen LogP contribution < -0.4 is 10.6 Å². The Morgan fingerprint density at radius 2 is 2.23 bits per heavy atom. The normalized spacial score (nSPS) is 25.8. The molecule has 3 heterocycles. The van der Waals surface area contributed by atoms with E-state index in [9.17, 15) is 4.79 Å². The van der Waals surface area contributed by atoms with E-state index in [0.29, 0.717) is 11.6 Å². The van der Waals surface area contributed by atoms with Crippen LogP contribution in [0, 0.1) is 11.3 Å². The summed E-state index contributed by atoms with van der Waals surface area (Å²) in [6.45, 7) is 8.37. The van der Waals surface area contributed by atoms with Gasteiger partial charge in [-0.1, -0.05) is 5.21 Å². The van der Waals surface area contributed by atoms with Crippen molar-refractivity contribution >= 4 is 5.91 Å². The van der Waals surface area contributed by atoms with Crippen LogP contribution in [0.25, 0.3) is 0 Å². The van der Waals surface area contributed by atoms with Crippen LogP contribution >= 0.6 is 0 Å². The molecular formula is C18H30N6O2. The number of morpholine rings is 1. The first-order valence-corrected chi connectivity index (χ1v) is 9.92. The zero-order chi connectivity index (χ0) is 17.8. The Bertz CT molecular complexity index is 603. The van der Waals surface area contributed by atoms with Crippen LogP contribution in [0.4, 0.5) is 0 Å². The molecule has 1 saturated carbocycles. The fourth-order valence-electron chi connectivity index (χ4n) is 4.00. The number of rotatable bonds is 7. The van der Waals surface area contributed by atoms with Crippen molar-refractivity contribution in [3.8, 4) is 0 Å². The zero-order valence-corrected chi connectivity index (χ0v) is 15.5. The molecule has 0 bridgehead atoms. The molecule has 8 nitrogen and oxygen atoms in total. The lowest BCUT2D eigenvalue weighted by atomic mass is 10.00. The molecule has 26 heavy (non-hydrogen) atoms. The first-order chi connectivity index (χ1) is 12.7. The second kappa shape index (κ2) is 8.02. The number of nitrogens with one attached hydrogen (secondary N) is 2. The standard InChI is InChI=1S/C18H30N6O2/c25-17(16-12-24(22-21-16)11-15-2-1-5-19-10-15)20-13-18(3-4-18)14-23-6-8-26-9-7-23/h12,15,19H,1-11,13-14H2,(H,20,25). The molecule has 2 aliphatic heterocycles. The van der Waals surface area contributed by atoms with Crippen LogP contribution in [0.5, 0.6) is 0 Å². The summed E-state index contributed by atoms with van der Waals surface area (Å²) in [6, 6.07) is 0. The maximum atomic E-state index is 12.4. The van der Waals surface area contributed by atoms with Crippen molar-refractivity contribution in [1.29, 1.82) is 0 Å². The molecule has 1 aromatic rings. The molecule has 1 aromatic heterocycles. The number of nitrogens with zero attached hydrogens (tertiary/aromatic N) is 4. The number of hydrogen-bond acceptors (Lipinski definition) is 6. The van der Waals surface area contributed by atoms with Crippen LogP contribution in [0.1, 0.15) is 36.2 Å². The Kier molecular flexibility index (Phi) is 5.52. The summed E-state index contributed by atoms with van der Waals surface area (Å²) >= 11 is 0. The fraction of sp³-hybridized carbons (Fsp3) is 0.833. The second-order valence-electron chi connectivity index (χ2n) is 8.11. The van der Waals surface area contributed by atoms with Crippen LogP contribution in [0.2, 0.25) is 0 Å². The average molecular weight is 362 g/mol. The molecule has 0 aromatic carbocycles. The monoisotopic (exact) mass is 362 g/mol. The SMILES string of the molecule is O=C(NCC1(CN2CCOCC2)CC1)c1cn(CC2CCCNC2)nn1. The van der Waals surface area contributed by atoms with E-state index in [1.54, 1.807) is 6.20 Å². The van der Waals surface area contributed by atoms with Crippen molar-refractivity contribution in [2.75, 3.05) is 52.5 Å². The lowest BCUT2D eigenvalue weighted by Gasteiger charge is -2.30. The number of carbonyl (C=O) groups is 1. The van der Waals surface area contributed by atoms with Gasteiger partial charge in [-0.25, -0.2) is 0 Å². The lowest BCUT2D eigenvalue weighted by Crippen LogP contribution is -2.43. The molecule has 0 radical (unpaired) electrons. The smallest absolute Gasteiger partial charge is 0.273 e. The van der Waals surface area contributed by atoms with Gasteiger partial charge in [-0.3, -0.25) is 14.4 Å². The van der Waals surface area contributed by atoms with E-state index in [4.69, 9.17) is 4.74 Å². The molecule has 3 aliphatic rings. The maximum Gasteiger partial charge on any atom is 0.273 e. The molecule has 0 spiro atoms. The third-order valence-electron chi connectivity index (χ3n) is 5.86. The summed E-state index contributed by atoms with van der Waals surface area (Å²) in [5, 5.41) is 14.7. The molecular weight excluding hydrogens is 332 g/mol. The Morgan fingerprint density at radius 3 is 2.96 bits per heavy atom. The van der Waals surface area contributed by atoms with E-state index in [0.717, 1.165) is 59.0 Å². The molecule has 1 unspecified atom stereocenters. The molecule has 144 valence electrons. The third-order valence-corrected chi connectivity index (χ3v) is 5.86. The van der Waals surface area contributed by atoms with Crippen molar-refractivity contribution in [3.63, 3.8) is 0 Å². The van der Waals surface area contributed by atoms with Gasteiger partial charge in [-0.15, -0.1) is 5.10 Å². The van der Waals surface area contributed by atoms with Gasteiger partial charge < -0.3 is 15.4 Å². The molecule has 1 amide bonds. The molecule has 8 heteroatoms. The highest BCUT2D eigenvalue weighted by Crippen LogP contribution is 2.45. The number of ether oxygens (including phenoxy) is 1. The summed E-state index contributed by atoms with van der Waals surface area (Å²) in [5.74, 6) is 0.468. The molecule has 2 N–H and O–H groups in total. The van der Waals surface area contributed by atoms with Crippen molar-refractivity contribution in [1.82, 2.24) is 30.5 Å². The van der Waals surface area contributed by atoms with Gasteiger partial charge in [0, 0.05) is 38.1 Å². The summed E-state index contributed by atoms with van der Waals surface area (Å²) in [5.41, 5.74) is 0.674. The molecule has 1 aliphatic carbocycles. The number of piperidine rings is 1. The highest BCUT2D eigenvalue weighted by molar-refractivity contribution is 5.91. The van der Waals surface area contributed by atoms with Crippen molar-refractivity contribution < 1.29 is 9.53 Å². The Hall–Kier alpha value is -1.51. The van der Waals surface area contributed by atoms with Gasteiger partial charge in [-0.05, 0) is 44.7 Å². The summed E-state index contributed by atoms with van der Waals surface area (Å²) in [6.07, 6.45) is 6.57. The van der Waals surface area contributed by atoms with Gasteiger partial charge in [-0.2, -0.15) is 0 Å². The molecule has 2 saturated heterocycles. The van der Waals surface area contributed by atoms with E-state index < -0.39 is 0 Å². The predicted octanol–water partition coefficient (Wildman–Crippen LogP) is 0.120. The zero-order valence-electron chi connectivity index (χ0n) is 15.5. The fourth-order valence-corrected chi connectivity index (χ4v) is 4.00. The molecule has 4 rings (SSSR count). The topological polar surface area (TPSA) is 84.3 Å². The highest BCUT2D eigenvalue weighted by Gasteiger charge is 2.44. The van der Waals surface area contributed by atoms with Gasteiger partial charge in [0.2, 0.25) is 0 Å².